The second-order valence-corrected chi connectivity index (χ2v) is 5.37. The van der Waals surface area contributed by atoms with Gasteiger partial charge in [-0.3, -0.25) is 9.59 Å². The summed E-state index contributed by atoms with van der Waals surface area (Å²) in [5.41, 5.74) is 0.452. The highest BCUT2D eigenvalue weighted by Crippen LogP contribution is 2.14. The van der Waals surface area contributed by atoms with Crippen molar-refractivity contribution >= 4 is 11.7 Å². The number of hydrogen-bond acceptors (Lipinski definition) is 4. The topological polar surface area (TPSA) is 78.1 Å². The average Bonchev–Trinajstić information content (AvgIpc) is 2.56. The van der Waals surface area contributed by atoms with Gasteiger partial charge in [0.25, 0.3) is 11.5 Å². The molecule has 1 aromatic heterocycles. The minimum atomic E-state index is -0.197. The number of rotatable bonds is 3. The van der Waals surface area contributed by atoms with Crippen LogP contribution in [0.15, 0.2) is 47.5 Å². The predicted molar refractivity (Wildman–Crippen MR) is 84.0 cm³/mol. The molecule has 1 aliphatic heterocycles. The van der Waals surface area contributed by atoms with Crippen LogP contribution in [-0.2, 0) is 0 Å². The third kappa shape index (κ3) is 3.16. The summed E-state index contributed by atoms with van der Waals surface area (Å²) in [5, 5.41) is 3.03. The fraction of sp³-hybridized carbons (Fsp3) is 0.312. The van der Waals surface area contributed by atoms with Gasteiger partial charge in [0.15, 0.2) is 5.82 Å². The van der Waals surface area contributed by atoms with Crippen molar-refractivity contribution in [2.75, 3.05) is 18.0 Å². The molecule has 1 aliphatic rings. The molecule has 2 heterocycles. The van der Waals surface area contributed by atoms with E-state index >= 15 is 0 Å². The number of aromatic amines is 1. The minimum absolute atomic E-state index is 0.0165. The highest BCUT2D eigenvalue weighted by Gasteiger charge is 2.24. The van der Waals surface area contributed by atoms with Crippen LogP contribution in [0.5, 0.6) is 0 Å². The molecular formula is C16H18N4O2. The van der Waals surface area contributed by atoms with E-state index < -0.39 is 0 Å². The van der Waals surface area contributed by atoms with E-state index in [4.69, 9.17) is 0 Å². The maximum atomic E-state index is 12.2. The number of H-pyrrole nitrogens is 1. The van der Waals surface area contributed by atoms with Gasteiger partial charge in [0.2, 0.25) is 0 Å². The predicted octanol–water partition coefficient (Wildman–Crippen LogP) is 1.17. The molecule has 1 amide bonds. The average molecular weight is 298 g/mol. The smallest absolute Gasteiger partial charge is 0.290 e. The maximum absolute atomic E-state index is 12.2. The number of benzene rings is 1. The summed E-state index contributed by atoms with van der Waals surface area (Å²) in [4.78, 5) is 32.7. The number of carbonyl (C=O) groups is 1. The molecule has 6 nitrogen and oxygen atoms in total. The summed E-state index contributed by atoms with van der Waals surface area (Å²) in [6.07, 6.45) is 4.91. The lowest BCUT2D eigenvalue weighted by atomic mass is 10.0. The van der Waals surface area contributed by atoms with Gasteiger partial charge in [-0.15, -0.1) is 0 Å². The van der Waals surface area contributed by atoms with Gasteiger partial charge in [0, 0.05) is 37.1 Å². The first-order valence-corrected chi connectivity index (χ1v) is 7.38. The van der Waals surface area contributed by atoms with Gasteiger partial charge in [0.1, 0.15) is 0 Å². The Labute approximate surface area is 128 Å². The molecule has 0 aliphatic carbocycles. The van der Waals surface area contributed by atoms with Gasteiger partial charge in [-0.2, -0.15) is 0 Å². The lowest BCUT2D eigenvalue weighted by molar-refractivity contribution is 0.0933. The third-order valence-electron chi connectivity index (χ3n) is 3.78. The number of anilines is 1. The number of nitrogens with zero attached hydrogens (tertiary/aromatic N) is 2. The van der Waals surface area contributed by atoms with Crippen LogP contribution in [0.25, 0.3) is 0 Å². The molecule has 0 radical (unpaired) electrons. The highest BCUT2D eigenvalue weighted by atomic mass is 16.1. The Morgan fingerprint density at radius 1 is 1.32 bits per heavy atom. The van der Waals surface area contributed by atoms with Crippen molar-refractivity contribution < 1.29 is 4.79 Å². The molecular weight excluding hydrogens is 280 g/mol. The molecule has 1 saturated heterocycles. The zero-order chi connectivity index (χ0) is 15.4. The summed E-state index contributed by atoms with van der Waals surface area (Å²) in [6.45, 7) is 1.37. The summed E-state index contributed by atoms with van der Waals surface area (Å²) in [7, 11) is 0. The molecule has 1 atom stereocenters. The quantitative estimate of drug-likeness (QED) is 0.891. The van der Waals surface area contributed by atoms with E-state index in [0.29, 0.717) is 17.9 Å². The molecule has 22 heavy (non-hydrogen) atoms. The van der Waals surface area contributed by atoms with Crippen LogP contribution in [0, 0.1) is 0 Å². The van der Waals surface area contributed by atoms with Gasteiger partial charge < -0.3 is 15.2 Å². The van der Waals surface area contributed by atoms with Gasteiger partial charge in [-0.1, -0.05) is 18.2 Å². The normalized spacial score (nSPS) is 18.0. The number of nitrogens with one attached hydrogen (secondary N) is 2. The van der Waals surface area contributed by atoms with E-state index in [-0.39, 0.29) is 17.5 Å². The number of hydrogen-bond donors (Lipinski definition) is 2. The molecule has 3 rings (SSSR count). The summed E-state index contributed by atoms with van der Waals surface area (Å²) >= 11 is 0. The van der Waals surface area contributed by atoms with E-state index in [1.165, 1.54) is 6.20 Å². The van der Waals surface area contributed by atoms with Crippen LogP contribution >= 0.6 is 0 Å². The van der Waals surface area contributed by atoms with Crippen molar-refractivity contribution in [2.24, 2.45) is 0 Å². The van der Waals surface area contributed by atoms with Crippen molar-refractivity contribution in [1.29, 1.82) is 0 Å². The van der Waals surface area contributed by atoms with Gasteiger partial charge in [0.05, 0.1) is 0 Å². The Morgan fingerprint density at radius 3 is 2.91 bits per heavy atom. The fourth-order valence-corrected chi connectivity index (χ4v) is 2.71. The van der Waals surface area contributed by atoms with Crippen molar-refractivity contribution in [1.82, 2.24) is 15.3 Å². The molecule has 0 unspecified atom stereocenters. The zero-order valence-corrected chi connectivity index (χ0v) is 12.2. The van der Waals surface area contributed by atoms with Crippen LogP contribution in [0.1, 0.15) is 23.2 Å². The molecule has 0 spiro atoms. The van der Waals surface area contributed by atoms with Gasteiger partial charge in [-0.05, 0) is 25.0 Å². The largest absolute Gasteiger partial charge is 0.350 e. The lowest BCUT2D eigenvalue weighted by Gasteiger charge is -2.33. The first-order valence-electron chi connectivity index (χ1n) is 7.38. The minimum Gasteiger partial charge on any atom is -0.350 e. The van der Waals surface area contributed by atoms with Crippen molar-refractivity contribution in [3.63, 3.8) is 0 Å². The van der Waals surface area contributed by atoms with Crippen LogP contribution < -0.4 is 15.8 Å². The second kappa shape index (κ2) is 6.43. The van der Waals surface area contributed by atoms with E-state index in [9.17, 15) is 9.59 Å². The molecule has 0 bridgehead atoms. The van der Waals surface area contributed by atoms with Crippen LogP contribution in [0.2, 0.25) is 0 Å². The molecule has 114 valence electrons. The number of carbonyl (C=O) groups excluding carboxylic acids is 1. The fourth-order valence-electron chi connectivity index (χ4n) is 2.71. The van der Waals surface area contributed by atoms with E-state index in [0.717, 1.165) is 19.4 Å². The van der Waals surface area contributed by atoms with Crippen molar-refractivity contribution in [3.8, 4) is 0 Å². The van der Waals surface area contributed by atoms with Crippen molar-refractivity contribution in [2.45, 2.75) is 18.9 Å². The summed E-state index contributed by atoms with van der Waals surface area (Å²) in [6, 6.07) is 9.17. The first-order chi connectivity index (χ1) is 10.7. The number of aromatic nitrogens is 2. The Morgan fingerprint density at radius 2 is 2.14 bits per heavy atom. The Kier molecular flexibility index (Phi) is 4.18. The van der Waals surface area contributed by atoms with E-state index in [1.807, 2.05) is 23.1 Å². The molecule has 0 saturated carbocycles. The zero-order valence-electron chi connectivity index (χ0n) is 12.2. The van der Waals surface area contributed by atoms with Crippen LogP contribution in [0.3, 0.4) is 0 Å². The monoisotopic (exact) mass is 298 g/mol. The molecule has 2 N–H and O–H groups in total. The van der Waals surface area contributed by atoms with Crippen molar-refractivity contribution in [3.05, 3.63) is 58.6 Å². The molecule has 2 aromatic rings. The number of amides is 1. The van der Waals surface area contributed by atoms with E-state index in [1.54, 1.807) is 18.3 Å². The molecule has 6 heteroatoms. The van der Waals surface area contributed by atoms with Gasteiger partial charge in [-0.25, -0.2) is 4.98 Å². The second-order valence-electron chi connectivity index (χ2n) is 5.37. The van der Waals surface area contributed by atoms with E-state index in [2.05, 4.69) is 15.3 Å². The first kappa shape index (κ1) is 14.3. The Hall–Kier alpha value is -2.63. The summed E-state index contributed by atoms with van der Waals surface area (Å²) in [5.74, 6) is 0.337. The summed E-state index contributed by atoms with van der Waals surface area (Å²) < 4.78 is 0. The van der Waals surface area contributed by atoms with Gasteiger partial charge >= 0.3 is 0 Å². The molecule has 1 aromatic carbocycles. The standard InChI is InChI=1S/C16H18N4O2/c21-15(12-5-2-1-3-6-12)19-13-7-4-10-20(11-13)14-16(22)18-9-8-17-14/h1-3,5-6,8-9,13H,4,7,10-11H2,(H,18,22)(H,19,21)/t13-/m0/s1. The molecule has 1 fully saturated rings. The third-order valence-corrected chi connectivity index (χ3v) is 3.78. The maximum Gasteiger partial charge on any atom is 0.290 e. The van der Waals surface area contributed by atoms with Crippen LogP contribution in [0.4, 0.5) is 5.82 Å². The lowest BCUT2D eigenvalue weighted by Crippen LogP contribution is -2.49. The Bertz CT molecular complexity index is 699. The highest BCUT2D eigenvalue weighted by molar-refractivity contribution is 5.94. The Balaban J connectivity index is 1.68. The number of piperidine rings is 1. The van der Waals surface area contributed by atoms with Crippen LogP contribution in [-0.4, -0.2) is 35.0 Å². The SMILES string of the molecule is O=C(N[C@H]1CCCN(c2ncc[nH]c2=O)C1)c1ccccc1.